The summed E-state index contributed by atoms with van der Waals surface area (Å²) in [5, 5.41) is 3.80. The number of aromatic nitrogens is 1. The number of nitrogens with one attached hydrogen (secondary N) is 1. The van der Waals surface area contributed by atoms with Gasteiger partial charge in [-0.1, -0.05) is 13.0 Å². The van der Waals surface area contributed by atoms with Gasteiger partial charge in [0.15, 0.2) is 0 Å². The van der Waals surface area contributed by atoms with Crippen LogP contribution in [-0.2, 0) is 0 Å². The highest BCUT2D eigenvalue weighted by molar-refractivity contribution is 6.08. The number of nitrogens with two attached hydrogens (primary N) is 1. The maximum absolute atomic E-state index is 14.6. The second-order valence-corrected chi connectivity index (χ2v) is 8.21. The maximum atomic E-state index is 14.6. The SMILES string of the molecule is CCOc1cc2ncc(C(N)=O)c(Nc3cc(C)ccc3F)c2cc1N1CCN(CC)CC1. The van der Waals surface area contributed by atoms with Gasteiger partial charge in [0.1, 0.15) is 11.6 Å². The Hall–Kier alpha value is -3.39. The van der Waals surface area contributed by atoms with Crippen LogP contribution < -0.4 is 20.7 Å². The molecule has 3 N–H and O–H groups in total. The van der Waals surface area contributed by atoms with Crippen molar-refractivity contribution >= 4 is 33.9 Å². The minimum absolute atomic E-state index is 0.203. The number of hydrogen-bond acceptors (Lipinski definition) is 6. The van der Waals surface area contributed by atoms with Crippen LogP contribution in [0, 0.1) is 12.7 Å². The van der Waals surface area contributed by atoms with Crippen molar-refractivity contribution in [2.75, 3.05) is 49.5 Å². The van der Waals surface area contributed by atoms with E-state index >= 15 is 0 Å². The number of anilines is 3. The molecule has 3 aromatic rings. The molecule has 33 heavy (non-hydrogen) atoms. The van der Waals surface area contributed by atoms with E-state index in [2.05, 4.69) is 27.0 Å². The van der Waals surface area contributed by atoms with Gasteiger partial charge in [0.25, 0.3) is 5.91 Å². The number of nitrogens with zero attached hydrogens (tertiary/aromatic N) is 3. The van der Waals surface area contributed by atoms with Crippen molar-refractivity contribution in [3.63, 3.8) is 0 Å². The molecule has 0 atom stereocenters. The van der Waals surface area contributed by atoms with Crippen molar-refractivity contribution in [1.29, 1.82) is 0 Å². The van der Waals surface area contributed by atoms with Gasteiger partial charge in [-0.15, -0.1) is 0 Å². The van der Waals surface area contributed by atoms with Crippen LogP contribution in [0.4, 0.5) is 21.5 Å². The third-order valence-electron chi connectivity index (χ3n) is 6.06. The maximum Gasteiger partial charge on any atom is 0.252 e. The summed E-state index contributed by atoms with van der Waals surface area (Å²) in [6, 6.07) is 8.64. The number of carbonyl (C=O) groups is 1. The summed E-state index contributed by atoms with van der Waals surface area (Å²) in [7, 11) is 0. The van der Waals surface area contributed by atoms with E-state index < -0.39 is 11.7 Å². The van der Waals surface area contributed by atoms with Crippen molar-refractivity contribution in [1.82, 2.24) is 9.88 Å². The third-order valence-corrected chi connectivity index (χ3v) is 6.06. The molecule has 0 bridgehead atoms. The number of amides is 1. The van der Waals surface area contributed by atoms with Crippen LogP contribution in [0.5, 0.6) is 5.75 Å². The molecule has 0 aliphatic carbocycles. The van der Waals surface area contributed by atoms with E-state index in [0.29, 0.717) is 23.2 Å². The summed E-state index contributed by atoms with van der Waals surface area (Å²) in [5.74, 6) is -0.309. The predicted octanol–water partition coefficient (Wildman–Crippen LogP) is 4.07. The van der Waals surface area contributed by atoms with Crippen molar-refractivity contribution in [2.24, 2.45) is 5.73 Å². The molecule has 2 heterocycles. The van der Waals surface area contributed by atoms with E-state index in [-0.39, 0.29) is 11.3 Å². The highest BCUT2D eigenvalue weighted by atomic mass is 19.1. The molecule has 1 aliphatic heterocycles. The highest BCUT2D eigenvalue weighted by Gasteiger charge is 2.22. The zero-order valence-corrected chi connectivity index (χ0v) is 19.3. The molecule has 1 amide bonds. The number of hydrogen-bond donors (Lipinski definition) is 2. The second kappa shape index (κ2) is 9.62. The number of fused-ring (bicyclic) bond motifs is 1. The van der Waals surface area contributed by atoms with Gasteiger partial charge in [0, 0.05) is 43.8 Å². The number of rotatable bonds is 7. The normalized spacial score (nSPS) is 14.5. The van der Waals surface area contributed by atoms with Crippen LogP contribution >= 0.6 is 0 Å². The lowest BCUT2D eigenvalue weighted by molar-refractivity contribution is 0.100. The molecule has 1 aliphatic rings. The first-order chi connectivity index (χ1) is 15.9. The summed E-state index contributed by atoms with van der Waals surface area (Å²) in [6.07, 6.45) is 1.43. The highest BCUT2D eigenvalue weighted by Crippen LogP contribution is 2.38. The molecule has 2 aromatic carbocycles. The Bertz CT molecular complexity index is 1180. The van der Waals surface area contributed by atoms with E-state index in [1.807, 2.05) is 26.0 Å². The van der Waals surface area contributed by atoms with Gasteiger partial charge in [-0.25, -0.2) is 4.39 Å². The summed E-state index contributed by atoms with van der Waals surface area (Å²) in [4.78, 5) is 21.4. The van der Waals surface area contributed by atoms with Crippen LogP contribution in [0.2, 0.25) is 0 Å². The van der Waals surface area contributed by atoms with E-state index in [9.17, 15) is 9.18 Å². The lowest BCUT2D eigenvalue weighted by Gasteiger charge is -2.36. The second-order valence-electron chi connectivity index (χ2n) is 8.21. The Morgan fingerprint density at radius 3 is 2.61 bits per heavy atom. The van der Waals surface area contributed by atoms with Gasteiger partial charge in [0.2, 0.25) is 0 Å². The zero-order chi connectivity index (χ0) is 23.5. The fraction of sp³-hybridized carbons (Fsp3) is 0.360. The van der Waals surface area contributed by atoms with Crippen LogP contribution in [0.25, 0.3) is 10.9 Å². The van der Waals surface area contributed by atoms with E-state index in [4.69, 9.17) is 10.5 Å². The fourth-order valence-corrected chi connectivity index (χ4v) is 4.22. The first kappa shape index (κ1) is 22.8. The Morgan fingerprint density at radius 1 is 1.18 bits per heavy atom. The van der Waals surface area contributed by atoms with Crippen LogP contribution in [0.15, 0.2) is 36.5 Å². The van der Waals surface area contributed by atoms with E-state index in [1.54, 1.807) is 12.1 Å². The predicted molar refractivity (Wildman–Crippen MR) is 130 cm³/mol. The third kappa shape index (κ3) is 4.71. The molecule has 0 spiro atoms. The van der Waals surface area contributed by atoms with Gasteiger partial charge in [0.05, 0.1) is 34.7 Å². The van der Waals surface area contributed by atoms with Gasteiger partial charge in [-0.05, 0) is 44.2 Å². The molecule has 1 saturated heterocycles. The minimum Gasteiger partial charge on any atom is -0.492 e. The molecule has 1 aromatic heterocycles. The quantitative estimate of drug-likeness (QED) is 0.564. The number of carbonyl (C=O) groups excluding carboxylic acids is 1. The zero-order valence-electron chi connectivity index (χ0n) is 19.3. The molecule has 174 valence electrons. The van der Waals surface area contributed by atoms with Crippen LogP contribution in [-0.4, -0.2) is 55.1 Å². The summed E-state index contributed by atoms with van der Waals surface area (Å²) < 4.78 is 20.5. The smallest absolute Gasteiger partial charge is 0.252 e. The number of piperazine rings is 1. The molecule has 0 saturated carbocycles. The number of aryl methyl sites for hydroxylation is 1. The molecule has 0 radical (unpaired) electrons. The first-order valence-corrected chi connectivity index (χ1v) is 11.3. The molecule has 4 rings (SSSR count). The monoisotopic (exact) mass is 451 g/mol. The van der Waals surface area contributed by atoms with E-state index in [0.717, 1.165) is 49.7 Å². The van der Waals surface area contributed by atoms with Gasteiger partial charge >= 0.3 is 0 Å². The molecule has 8 heteroatoms. The number of halogens is 1. The molecular formula is C25H30FN5O2. The Labute approximate surface area is 193 Å². The summed E-state index contributed by atoms with van der Waals surface area (Å²) in [5.41, 5.74) is 9.04. The molecule has 7 nitrogen and oxygen atoms in total. The van der Waals surface area contributed by atoms with Gasteiger partial charge in [-0.3, -0.25) is 9.78 Å². The van der Waals surface area contributed by atoms with Crippen LogP contribution in [0.1, 0.15) is 29.8 Å². The lowest BCUT2D eigenvalue weighted by atomic mass is 10.1. The largest absolute Gasteiger partial charge is 0.492 e. The summed E-state index contributed by atoms with van der Waals surface area (Å²) in [6.45, 7) is 11.2. The Morgan fingerprint density at radius 2 is 1.94 bits per heavy atom. The topological polar surface area (TPSA) is 83.7 Å². The number of benzene rings is 2. The number of ether oxygens (including phenoxy) is 1. The Kier molecular flexibility index (Phi) is 6.65. The average molecular weight is 452 g/mol. The molecule has 1 fully saturated rings. The lowest BCUT2D eigenvalue weighted by Crippen LogP contribution is -2.46. The first-order valence-electron chi connectivity index (χ1n) is 11.3. The standard InChI is InChI=1S/C25H30FN5O2/c1-4-30-8-10-31(11-9-30)22-13-17-20(14-23(22)33-5-2)28-15-18(25(27)32)24(17)29-21-12-16(3)6-7-19(21)26/h6-7,12-15H,4-5,8-11H2,1-3H3,(H2,27,32)(H,28,29). The Balaban J connectivity index is 1.87. The van der Waals surface area contributed by atoms with Crippen molar-refractivity contribution in [3.05, 3.63) is 53.5 Å². The number of primary amides is 1. The van der Waals surface area contributed by atoms with E-state index in [1.165, 1.54) is 12.3 Å². The van der Waals surface area contributed by atoms with Crippen molar-refractivity contribution < 1.29 is 13.9 Å². The molecular weight excluding hydrogens is 421 g/mol. The van der Waals surface area contributed by atoms with Crippen molar-refractivity contribution in [3.8, 4) is 5.75 Å². The van der Waals surface area contributed by atoms with Crippen molar-refractivity contribution in [2.45, 2.75) is 20.8 Å². The number of pyridine rings is 1. The molecule has 0 unspecified atom stereocenters. The van der Waals surface area contributed by atoms with Gasteiger partial charge in [-0.2, -0.15) is 0 Å². The van der Waals surface area contributed by atoms with Gasteiger partial charge < -0.3 is 25.6 Å². The average Bonchev–Trinajstić information content (AvgIpc) is 2.81. The fourth-order valence-electron chi connectivity index (χ4n) is 4.22. The minimum atomic E-state index is -0.632. The number of likely N-dealkylation sites (N-methyl/N-ethyl adjacent to an activating group) is 1. The van der Waals surface area contributed by atoms with Crippen LogP contribution in [0.3, 0.4) is 0 Å². The summed E-state index contributed by atoms with van der Waals surface area (Å²) >= 11 is 0.